The van der Waals surface area contributed by atoms with Crippen molar-refractivity contribution in [3.05, 3.63) is 295 Å². The zero-order chi connectivity index (χ0) is 92.8. The Balaban J connectivity index is 1.16. The molecular weight excluding hydrogens is 1210 g/mol. The summed E-state index contributed by atoms with van der Waals surface area (Å²) in [4.78, 5) is 3.01. The number of anilines is 6. The van der Waals surface area contributed by atoms with E-state index in [1.807, 2.05) is 41.5 Å². The van der Waals surface area contributed by atoms with Gasteiger partial charge < -0.3 is 23.4 Å². The fraction of sp³-hybridized carbons (Fsp3) is 0.170. The molecule has 13 aromatic carbocycles. The SMILES string of the molecule is [2H]c1c([2H])c(-c2ccccc2)c(N2c3cc(C(C)(C)C)cc4c3B(c3c([2H])c([2H])c(-n5c6c([2H])c([2H])c([2H])c([2H])c6c6c([2H])c(C(C)(C)C)c([2H])c([2H])c65)c([2H])c32)c2c([2H])c([2H])c(-n3c5c([2H])c([2H])c([2H])c([2H])c5c5c([2H])c(C(C)(C)C)c([2H])c([2H])c53)c([2H])c2N4c2c(-c3ccccc3)c([2H])c(C(C)(C)C)c3c2oc2c([2H])c([2H])c([2H])c([2H])c23)c(-c2ccccc2)c1[2H]. The first-order chi connectivity index (χ1) is 59.9. The van der Waals surface area contributed by atoms with Crippen molar-refractivity contribution in [3.8, 4) is 44.8 Å². The molecule has 0 radical (unpaired) electrons. The lowest BCUT2D eigenvalue weighted by atomic mass is 9.33. The Hall–Kier alpha value is -11.1. The van der Waals surface area contributed by atoms with E-state index >= 15 is 0 Å². The highest BCUT2D eigenvalue weighted by Crippen LogP contribution is 2.56. The minimum Gasteiger partial charge on any atom is -0.454 e. The van der Waals surface area contributed by atoms with Gasteiger partial charge in [0, 0.05) is 83.1 Å². The second kappa shape index (κ2) is 22.2. The van der Waals surface area contributed by atoms with Crippen LogP contribution in [0.25, 0.3) is 110 Å². The molecule has 486 valence electrons. The van der Waals surface area contributed by atoms with Gasteiger partial charge in [0.05, 0.1) is 71.8 Å². The van der Waals surface area contributed by atoms with Crippen molar-refractivity contribution in [2.45, 2.75) is 105 Å². The van der Waals surface area contributed by atoms with Crippen molar-refractivity contribution in [2.24, 2.45) is 0 Å². The van der Waals surface area contributed by atoms with E-state index in [0.717, 1.165) is 9.13 Å². The molecule has 0 saturated carbocycles. The van der Waals surface area contributed by atoms with Crippen LogP contribution in [0.1, 0.15) is 144 Å². The lowest BCUT2D eigenvalue weighted by Gasteiger charge is -2.46. The summed E-state index contributed by atoms with van der Waals surface area (Å²) in [5.74, 6) is 0. The molecule has 0 atom stereocenters. The molecule has 0 spiro atoms. The smallest absolute Gasteiger partial charge is 0.252 e. The number of para-hydroxylation sites is 4. The largest absolute Gasteiger partial charge is 0.454 e. The van der Waals surface area contributed by atoms with Crippen molar-refractivity contribution in [1.82, 2.24) is 9.13 Å². The normalized spacial score (nSPS) is 17.3. The van der Waals surface area contributed by atoms with E-state index in [1.165, 1.54) is 9.80 Å². The lowest BCUT2D eigenvalue weighted by molar-refractivity contribution is 0.590. The predicted octanol–water partition coefficient (Wildman–Crippen LogP) is 24.1. The van der Waals surface area contributed by atoms with Gasteiger partial charge in [-0.3, -0.25) is 0 Å². The van der Waals surface area contributed by atoms with Crippen LogP contribution in [0.15, 0.2) is 277 Å². The first-order valence-corrected chi connectivity index (χ1v) is 33.3. The highest BCUT2D eigenvalue weighted by atomic mass is 16.3. The zero-order valence-corrected chi connectivity index (χ0v) is 57.1. The van der Waals surface area contributed by atoms with Crippen LogP contribution in [0.3, 0.4) is 0 Å². The third-order valence-electron chi connectivity index (χ3n) is 19.2. The monoisotopic (exact) mass is 1320 g/mol. The van der Waals surface area contributed by atoms with Crippen molar-refractivity contribution >= 4 is 123 Å². The average molecular weight is 1320 g/mol. The van der Waals surface area contributed by atoms with Gasteiger partial charge in [0.2, 0.25) is 0 Å². The van der Waals surface area contributed by atoms with Crippen LogP contribution < -0.4 is 26.2 Å². The van der Waals surface area contributed by atoms with Crippen molar-refractivity contribution in [1.29, 1.82) is 0 Å². The topological polar surface area (TPSA) is 29.5 Å². The van der Waals surface area contributed by atoms with Crippen molar-refractivity contribution in [3.63, 3.8) is 0 Å². The summed E-state index contributed by atoms with van der Waals surface area (Å²) < 4.78 is 296. The van der Waals surface area contributed by atoms with Crippen LogP contribution in [-0.4, -0.2) is 15.8 Å². The van der Waals surface area contributed by atoms with Gasteiger partial charge in [-0.1, -0.05) is 271 Å². The molecule has 5 nitrogen and oxygen atoms in total. The van der Waals surface area contributed by atoms with Gasteiger partial charge in [-0.05, 0) is 162 Å². The minimum atomic E-state index is -1.92. The fourth-order valence-corrected chi connectivity index (χ4v) is 14.3. The maximum atomic E-state index is 11.8. The van der Waals surface area contributed by atoms with E-state index in [0.29, 0.717) is 5.56 Å². The Morgan fingerprint density at radius 1 is 0.350 bits per heavy atom. The molecule has 16 aromatic rings. The number of rotatable bonds is 7. The first-order valence-electron chi connectivity index (χ1n) is 47.3. The second-order valence-electron chi connectivity index (χ2n) is 29.9. The molecule has 2 aliphatic rings. The summed E-state index contributed by atoms with van der Waals surface area (Å²) in [6.07, 6.45) is 0. The number of aromatic nitrogens is 2. The maximum absolute atomic E-state index is 11.8. The third-order valence-corrected chi connectivity index (χ3v) is 19.2. The molecule has 0 N–H and O–H groups in total. The molecule has 0 bridgehead atoms. The highest BCUT2D eigenvalue weighted by Gasteiger charge is 2.47. The summed E-state index contributed by atoms with van der Waals surface area (Å²) in [7, 11) is 0. The number of benzene rings is 13. The molecule has 2 aliphatic heterocycles. The van der Waals surface area contributed by atoms with Crippen LogP contribution in [0.5, 0.6) is 0 Å². The van der Waals surface area contributed by atoms with Crippen LogP contribution in [0.4, 0.5) is 34.1 Å². The number of nitrogens with zero attached hydrogens (tertiary/aromatic N) is 4. The van der Waals surface area contributed by atoms with Gasteiger partial charge in [0.15, 0.2) is 5.58 Å². The quantitative estimate of drug-likeness (QED) is 0.149. The highest BCUT2D eigenvalue weighted by molar-refractivity contribution is 7.00. The molecule has 0 saturated heterocycles. The number of hydrogen-bond donors (Lipinski definition) is 0. The number of hydrogen-bond acceptors (Lipinski definition) is 3. The predicted molar refractivity (Wildman–Crippen MR) is 428 cm³/mol. The van der Waals surface area contributed by atoms with Crippen LogP contribution in [0, 0.1) is 0 Å². The minimum absolute atomic E-state index is 0.00415. The Kier molecular flexibility index (Phi) is 8.52. The van der Waals surface area contributed by atoms with E-state index in [4.69, 9.17) is 4.42 Å². The summed E-state index contributed by atoms with van der Waals surface area (Å²) in [5.41, 5.74) is -9.30. The van der Waals surface area contributed by atoms with Gasteiger partial charge in [-0.15, -0.1) is 0 Å². The molecule has 0 aliphatic carbocycles. The van der Waals surface area contributed by atoms with Gasteiger partial charge in [0.1, 0.15) is 5.58 Å². The Bertz CT molecular complexity index is 7700. The van der Waals surface area contributed by atoms with Gasteiger partial charge in [-0.25, -0.2) is 0 Å². The molecule has 0 unspecified atom stereocenters. The second-order valence-corrected chi connectivity index (χ2v) is 29.9. The fourth-order valence-electron chi connectivity index (χ4n) is 14.3. The Morgan fingerprint density at radius 3 is 1.25 bits per heavy atom. The summed E-state index contributed by atoms with van der Waals surface area (Å²) >= 11 is 0. The molecular formula is C94H81BN4O. The molecule has 5 heterocycles. The Labute approximate surface area is 626 Å². The standard InChI is InChI=1S/C94H81BN4O/c1-91(2,3)61-43-49-79-72(51-61)68-35-22-25-40-77(68)96(79)64-45-47-75-81(55-64)98(88-66(58-29-16-13-17-30-58)38-28-39-67(88)59-31-18-14-19-32-59)83-53-63(93(7,8)9)54-84-87(83)95(75)76-48-46-65(97-78-41-26-23-36-69(78)73-52-62(92(4,5)6)44-50-80(73)97)56-82(76)99(84)89-71(60-33-20-15-21-34-60)57-74(94(10,11)12)86-70-37-24-27-42-85(70)100-90(86)89/h13-57H,1-12H3/i22D,23D,24D,25D,26D,27D,28D,35D,36D,37D,38D,39D,40D,41D,42D,43D,44D,45D,46D,47D,48D,49D,50D,51D,52D,55D,56D,57D. The molecule has 3 aromatic heterocycles. The van der Waals surface area contributed by atoms with E-state index in [-0.39, 0.29) is 128 Å². The van der Waals surface area contributed by atoms with Crippen molar-refractivity contribution in [2.75, 3.05) is 9.80 Å². The van der Waals surface area contributed by atoms with Crippen LogP contribution in [-0.2, 0) is 21.7 Å². The molecule has 100 heavy (non-hydrogen) atoms. The summed E-state index contributed by atoms with van der Waals surface area (Å²) in [6, 6.07) is 9.79. The van der Waals surface area contributed by atoms with Crippen LogP contribution in [0.2, 0.25) is 0 Å². The zero-order valence-electron chi connectivity index (χ0n) is 85.1. The maximum Gasteiger partial charge on any atom is 0.252 e. The molecule has 0 fully saturated rings. The van der Waals surface area contributed by atoms with Gasteiger partial charge in [-0.2, -0.15) is 0 Å². The van der Waals surface area contributed by atoms with Crippen LogP contribution >= 0.6 is 0 Å². The lowest BCUT2D eigenvalue weighted by Crippen LogP contribution is -2.61. The van der Waals surface area contributed by atoms with Crippen molar-refractivity contribution < 1.29 is 42.8 Å². The summed E-state index contributed by atoms with van der Waals surface area (Å²) in [5, 5.41) is -1.43. The molecule has 18 rings (SSSR count). The van der Waals surface area contributed by atoms with Gasteiger partial charge >= 0.3 is 0 Å². The average Bonchev–Trinajstić information content (AvgIpc) is 1.01. The van der Waals surface area contributed by atoms with E-state index in [2.05, 4.69) is 0 Å². The Morgan fingerprint density at radius 2 is 0.780 bits per heavy atom. The van der Waals surface area contributed by atoms with E-state index < -0.39 is 247 Å². The summed E-state index contributed by atoms with van der Waals surface area (Å²) in [6.45, 7) is 19.4. The van der Waals surface area contributed by atoms with E-state index in [9.17, 15) is 38.4 Å². The van der Waals surface area contributed by atoms with Gasteiger partial charge in [0.25, 0.3) is 6.71 Å². The first kappa shape index (κ1) is 38.3. The van der Waals surface area contributed by atoms with E-state index in [1.54, 1.807) is 145 Å². The third kappa shape index (κ3) is 9.50. The molecule has 6 heteroatoms. The number of fused-ring (bicyclic) bond motifs is 13. The number of furan rings is 1. The molecule has 0 amide bonds.